The lowest BCUT2D eigenvalue weighted by molar-refractivity contribution is 0.788. The molecule has 0 saturated heterocycles. The number of aryl methyl sites for hydroxylation is 3. The Kier molecular flexibility index (Phi) is 3.28. The van der Waals surface area contributed by atoms with Gasteiger partial charge in [0.1, 0.15) is 0 Å². The van der Waals surface area contributed by atoms with E-state index in [9.17, 15) is 0 Å². The van der Waals surface area contributed by atoms with Gasteiger partial charge in [-0.25, -0.2) is 0 Å². The second-order valence-electron chi connectivity index (χ2n) is 4.44. The zero-order chi connectivity index (χ0) is 11.5. The van der Waals surface area contributed by atoms with E-state index in [1.807, 2.05) is 0 Å². The molecule has 0 fully saturated rings. The number of unbranched alkanes of at least 4 members (excludes halogenated alkanes) is 1. The second-order valence-corrected chi connectivity index (χ2v) is 4.44. The fourth-order valence-corrected chi connectivity index (χ4v) is 2.20. The van der Waals surface area contributed by atoms with Crippen LogP contribution in [-0.4, -0.2) is 10.2 Å². The highest BCUT2D eigenvalue weighted by Crippen LogP contribution is 2.22. The first kappa shape index (κ1) is 11.2. The van der Waals surface area contributed by atoms with Crippen LogP contribution in [-0.2, 0) is 12.8 Å². The lowest BCUT2D eigenvalue weighted by atomic mass is 9.98. The number of rotatable bonds is 4. The smallest absolute Gasteiger partial charge is 0.0926 e. The Labute approximate surface area is 97.1 Å². The number of nitrogens with one attached hydrogen (secondary N) is 1. The van der Waals surface area contributed by atoms with Gasteiger partial charge in [-0.3, -0.25) is 5.10 Å². The maximum absolute atomic E-state index is 4.34. The summed E-state index contributed by atoms with van der Waals surface area (Å²) in [4.78, 5) is 0. The quantitative estimate of drug-likeness (QED) is 0.828. The molecule has 0 bridgehead atoms. The van der Waals surface area contributed by atoms with Gasteiger partial charge in [0.05, 0.1) is 5.52 Å². The first-order chi connectivity index (χ1) is 7.76. The molecule has 0 saturated carbocycles. The van der Waals surface area contributed by atoms with Crippen LogP contribution in [0.3, 0.4) is 0 Å². The Bertz CT molecular complexity index is 483. The van der Waals surface area contributed by atoms with Crippen molar-refractivity contribution in [3.8, 4) is 0 Å². The molecule has 1 N–H and O–H groups in total. The Morgan fingerprint density at radius 3 is 2.69 bits per heavy atom. The van der Waals surface area contributed by atoms with Crippen molar-refractivity contribution in [2.45, 2.75) is 46.5 Å². The normalized spacial score (nSPS) is 11.2. The number of aromatic nitrogens is 2. The van der Waals surface area contributed by atoms with Crippen molar-refractivity contribution >= 4 is 10.9 Å². The highest BCUT2D eigenvalue weighted by molar-refractivity contribution is 5.82. The highest BCUT2D eigenvalue weighted by Gasteiger charge is 2.07. The third-order valence-corrected chi connectivity index (χ3v) is 3.25. The Hall–Kier alpha value is -1.31. The van der Waals surface area contributed by atoms with Crippen molar-refractivity contribution in [1.82, 2.24) is 10.2 Å². The van der Waals surface area contributed by atoms with Crippen LogP contribution in [0, 0.1) is 6.92 Å². The van der Waals surface area contributed by atoms with Crippen molar-refractivity contribution in [2.75, 3.05) is 0 Å². The van der Waals surface area contributed by atoms with Crippen LogP contribution >= 0.6 is 0 Å². The summed E-state index contributed by atoms with van der Waals surface area (Å²) in [5, 5.41) is 8.67. The number of aromatic amines is 1. The second kappa shape index (κ2) is 4.69. The van der Waals surface area contributed by atoms with Gasteiger partial charge in [0, 0.05) is 11.1 Å². The van der Waals surface area contributed by atoms with Gasteiger partial charge in [0.25, 0.3) is 0 Å². The summed E-state index contributed by atoms with van der Waals surface area (Å²) in [6.07, 6.45) is 4.81. The standard InChI is InChI=1S/C14H20N2/c1-4-6-7-12-9-14-13(8-11(12)5-2)10(3)15-16-14/h8-9H,4-7H2,1-3H3,(H,15,16). The van der Waals surface area contributed by atoms with Crippen molar-refractivity contribution in [3.05, 3.63) is 29.0 Å². The van der Waals surface area contributed by atoms with E-state index in [1.54, 1.807) is 0 Å². The van der Waals surface area contributed by atoms with Crippen LogP contribution in [0.15, 0.2) is 12.1 Å². The average molecular weight is 216 g/mol. The summed E-state index contributed by atoms with van der Waals surface area (Å²) in [5.41, 5.74) is 5.24. The molecular formula is C14H20N2. The number of hydrogen-bond donors (Lipinski definition) is 1. The molecule has 2 nitrogen and oxygen atoms in total. The first-order valence-corrected chi connectivity index (χ1v) is 6.22. The number of H-pyrrole nitrogens is 1. The highest BCUT2D eigenvalue weighted by atomic mass is 15.1. The summed E-state index contributed by atoms with van der Waals surface area (Å²) in [6.45, 7) is 6.55. The molecule has 0 atom stereocenters. The molecule has 0 aliphatic heterocycles. The predicted molar refractivity (Wildman–Crippen MR) is 68.8 cm³/mol. The van der Waals surface area contributed by atoms with Gasteiger partial charge in [-0.15, -0.1) is 0 Å². The Morgan fingerprint density at radius 1 is 1.19 bits per heavy atom. The van der Waals surface area contributed by atoms with E-state index in [1.165, 1.54) is 41.5 Å². The monoisotopic (exact) mass is 216 g/mol. The molecule has 0 aliphatic carbocycles. The molecule has 2 aromatic rings. The van der Waals surface area contributed by atoms with Crippen LogP contribution in [0.4, 0.5) is 0 Å². The number of nitrogens with zero attached hydrogens (tertiary/aromatic N) is 1. The van der Waals surface area contributed by atoms with Gasteiger partial charge >= 0.3 is 0 Å². The molecule has 1 aromatic carbocycles. The van der Waals surface area contributed by atoms with E-state index in [0.717, 1.165) is 11.9 Å². The third-order valence-electron chi connectivity index (χ3n) is 3.25. The number of benzene rings is 1. The largest absolute Gasteiger partial charge is 0.282 e. The molecule has 1 heterocycles. The summed E-state index contributed by atoms with van der Waals surface area (Å²) >= 11 is 0. The molecule has 2 heteroatoms. The van der Waals surface area contributed by atoms with E-state index >= 15 is 0 Å². The van der Waals surface area contributed by atoms with Crippen molar-refractivity contribution in [2.24, 2.45) is 0 Å². The molecule has 0 unspecified atom stereocenters. The van der Waals surface area contributed by atoms with E-state index in [2.05, 4.69) is 43.1 Å². The average Bonchev–Trinajstić information content (AvgIpc) is 2.66. The summed E-state index contributed by atoms with van der Waals surface area (Å²) < 4.78 is 0. The minimum absolute atomic E-state index is 1.11. The van der Waals surface area contributed by atoms with E-state index in [-0.39, 0.29) is 0 Å². The maximum atomic E-state index is 4.34. The molecule has 1 aromatic heterocycles. The number of hydrogen-bond acceptors (Lipinski definition) is 1. The Morgan fingerprint density at radius 2 is 2.00 bits per heavy atom. The van der Waals surface area contributed by atoms with Crippen LogP contribution in [0.2, 0.25) is 0 Å². The Balaban J connectivity index is 2.46. The van der Waals surface area contributed by atoms with Crippen molar-refractivity contribution in [1.29, 1.82) is 0 Å². The summed E-state index contributed by atoms with van der Waals surface area (Å²) in [6, 6.07) is 4.56. The van der Waals surface area contributed by atoms with Crippen LogP contribution in [0.25, 0.3) is 10.9 Å². The zero-order valence-electron chi connectivity index (χ0n) is 10.4. The van der Waals surface area contributed by atoms with Crippen LogP contribution in [0.1, 0.15) is 43.5 Å². The molecular weight excluding hydrogens is 196 g/mol. The van der Waals surface area contributed by atoms with Crippen molar-refractivity contribution in [3.63, 3.8) is 0 Å². The SMILES string of the molecule is CCCCc1cc2n[nH]c(C)c2cc1CC. The van der Waals surface area contributed by atoms with Gasteiger partial charge in [0.2, 0.25) is 0 Å². The third kappa shape index (κ3) is 1.97. The summed E-state index contributed by atoms with van der Waals surface area (Å²) in [7, 11) is 0. The molecule has 86 valence electrons. The molecule has 0 radical (unpaired) electrons. The molecule has 2 rings (SSSR count). The van der Waals surface area contributed by atoms with Crippen molar-refractivity contribution < 1.29 is 0 Å². The topological polar surface area (TPSA) is 28.7 Å². The fraction of sp³-hybridized carbons (Fsp3) is 0.500. The molecule has 0 spiro atoms. The number of fused-ring (bicyclic) bond motifs is 1. The minimum atomic E-state index is 1.11. The van der Waals surface area contributed by atoms with Gasteiger partial charge < -0.3 is 0 Å². The zero-order valence-corrected chi connectivity index (χ0v) is 10.4. The fourth-order valence-electron chi connectivity index (χ4n) is 2.20. The maximum Gasteiger partial charge on any atom is 0.0926 e. The minimum Gasteiger partial charge on any atom is -0.282 e. The summed E-state index contributed by atoms with van der Waals surface area (Å²) in [5.74, 6) is 0. The molecule has 0 amide bonds. The van der Waals surface area contributed by atoms with E-state index < -0.39 is 0 Å². The van der Waals surface area contributed by atoms with Gasteiger partial charge in [-0.05, 0) is 49.4 Å². The van der Waals surface area contributed by atoms with Crippen LogP contribution in [0.5, 0.6) is 0 Å². The van der Waals surface area contributed by atoms with Gasteiger partial charge in [-0.1, -0.05) is 20.3 Å². The van der Waals surface area contributed by atoms with E-state index in [4.69, 9.17) is 0 Å². The lowest BCUT2D eigenvalue weighted by Crippen LogP contribution is -1.93. The predicted octanol–water partition coefficient (Wildman–Crippen LogP) is 3.78. The molecule has 16 heavy (non-hydrogen) atoms. The van der Waals surface area contributed by atoms with Gasteiger partial charge in [-0.2, -0.15) is 5.10 Å². The van der Waals surface area contributed by atoms with Crippen LogP contribution < -0.4 is 0 Å². The van der Waals surface area contributed by atoms with Gasteiger partial charge in [0.15, 0.2) is 0 Å². The molecule has 0 aliphatic rings. The first-order valence-electron chi connectivity index (χ1n) is 6.22. The lowest BCUT2D eigenvalue weighted by Gasteiger charge is -2.07. The van der Waals surface area contributed by atoms with E-state index in [0.29, 0.717) is 0 Å².